The van der Waals surface area contributed by atoms with Crippen molar-refractivity contribution < 1.29 is 19.5 Å². The van der Waals surface area contributed by atoms with Crippen LogP contribution in [0.25, 0.3) is 4.98 Å². The molecule has 3 heteroatoms. The maximum atomic E-state index is 8.16. The summed E-state index contributed by atoms with van der Waals surface area (Å²) >= 11 is 0. The average molecular weight is 171 g/mol. The van der Waals surface area contributed by atoms with E-state index in [9.17, 15) is 0 Å². The van der Waals surface area contributed by atoms with Gasteiger partial charge >= 0.3 is 5.69 Å². The Hall–Kier alpha value is -0.737. The van der Waals surface area contributed by atoms with Crippen LogP contribution < -0.4 is 0 Å². The smallest absolute Gasteiger partial charge is 0.0617 e. The number of rotatable bonds is 0. The van der Waals surface area contributed by atoms with Crippen molar-refractivity contribution in [3.63, 3.8) is 0 Å². The Kier molecular flexibility index (Phi) is 3.83. The fourth-order valence-electron chi connectivity index (χ4n) is 0.495. The molecule has 1 aromatic rings. The first-order chi connectivity index (χ1) is 3.93. The van der Waals surface area contributed by atoms with E-state index in [0.717, 1.165) is 0 Å². The summed E-state index contributed by atoms with van der Waals surface area (Å²) in [5.41, 5.74) is 0.590. The van der Waals surface area contributed by atoms with Gasteiger partial charge < -0.3 is 0 Å². The van der Waals surface area contributed by atoms with E-state index >= 15 is 0 Å². The Bertz CT molecular complexity index is 202. The van der Waals surface area contributed by atoms with Gasteiger partial charge in [-0.2, -0.15) is 0 Å². The molecule has 0 bridgehead atoms. The zero-order valence-electron chi connectivity index (χ0n) is 4.99. The van der Waals surface area contributed by atoms with Gasteiger partial charge in [0.1, 0.15) is 0 Å². The SMILES string of the molecule is N#[N+]c1ccccc1.[Zn]. The summed E-state index contributed by atoms with van der Waals surface area (Å²) in [6, 6.07) is 8.94. The molecule has 0 heterocycles. The van der Waals surface area contributed by atoms with Crippen molar-refractivity contribution in [3.8, 4) is 0 Å². The van der Waals surface area contributed by atoms with E-state index in [-0.39, 0.29) is 19.5 Å². The normalized spacial score (nSPS) is 7.00. The largest absolute Gasteiger partial charge is 0.385 e. The molecular formula is C6H5N2Zn+. The minimum absolute atomic E-state index is 0. The second-order valence-electron chi connectivity index (χ2n) is 1.44. The molecule has 0 spiro atoms. The van der Waals surface area contributed by atoms with Gasteiger partial charge in [-0.1, -0.05) is 18.2 Å². The molecule has 0 aliphatic rings. The molecule has 0 fully saturated rings. The van der Waals surface area contributed by atoms with Crippen LogP contribution in [0, 0.1) is 5.39 Å². The van der Waals surface area contributed by atoms with Crippen LogP contribution in [0.2, 0.25) is 0 Å². The van der Waals surface area contributed by atoms with Gasteiger partial charge in [0.15, 0.2) is 4.98 Å². The van der Waals surface area contributed by atoms with E-state index in [0.29, 0.717) is 5.69 Å². The standard InChI is InChI=1S/C6H5N2.Zn/c7-8-6-4-2-1-3-5-6;/h1-5H;/q+1;. The fourth-order valence-corrected chi connectivity index (χ4v) is 0.495. The number of hydrogen-bond acceptors (Lipinski definition) is 1. The van der Waals surface area contributed by atoms with Gasteiger partial charge in [0.2, 0.25) is 5.39 Å². The second kappa shape index (κ2) is 4.17. The minimum atomic E-state index is 0. The van der Waals surface area contributed by atoms with Crippen molar-refractivity contribution in [2.24, 2.45) is 0 Å². The third-order valence-corrected chi connectivity index (χ3v) is 0.872. The molecule has 9 heavy (non-hydrogen) atoms. The van der Waals surface area contributed by atoms with Crippen LogP contribution in [0.1, 0.15) is 0 Å². The van der Waals surface area contributed by atoms with Gasteiger partial charge in [-0.25, -0.2) is 0 Å². The monoisotopic (exact) mass is 169 g/mol. The molecule has 0 radical (unpaired) electrons. The molecule has 0 aromatic heterocycles. The van der Waals surface area contributed by atoms with Gasteiger partial charge in [-0.15, -0.1) is 0 Å². The Morgan fingerprint density at radius 2 is 1.67 bits per heavy atom. The van der Waals surface area contributed by atoms with E-state index in [4.69, 9.17) is 5.39 Å². The van der Waals surface area contributed by atoms with Gasteiger partial charge in [0.05, 0.1) is 0 Å². The van der Waals surface area contributed by atoms with Crippen molar-refractivity contribution in [1.82, 2.24) is 0 Å². The van der Waals surface area contributed by atoms with E-state index in [2.05, 4.69) is 4.98 Å². The molecule has 0 aliphatic heterocycles. The first kappa shape index (κ1) is 8.26. The van der Waals surface area contributed by atoms with Crippen LogP contribution in [0.4, 0.5) is 5.69 Å². The van der Waals surface area contributed by atoms with Crippen LogP contribution in [-0.2, 0) is 19.5 Å². The molecule has 2 nitrogen and oxygen atoms in total. The van der Waals surface area contributed by atoms with Crippen LogP contribution in [0.3, 0.4) is 0 Å². The van der Waals surface area contributed by atoms with Crippen molar-refractivity contribution in [2.45, 2.75) is 0 Å². The predicted octanol–water partition coefficient (Wildman–Crippen LogP) is 2.17. The molecular weight excluding hydrogens is 165 g/mol. The van der Waals surface area contributed by atoms with Crippen LogP contribution in [0.15, 0.2) is 30.3 Å². The van der Waals surface area contributed by atoms with Gasteiger partial charge in [-0.05, 0) is 0 Å². The molecule has 1 rings (SSSR count). The third kappa shape index (κ3) is 2.34. The van der Waals surface area contributed by atoms with Crippen molar-refractivity contribution in [1.29, 1.82) is 5.39 Å². The molecule has 1 aromatic carbocycles. The zero-order valence-corrected chi connectivity index (χ0v) is 7.96. The first-order valence-corrected chi connectivity index (χ1v) is 2.33. The molecule has 0 saturated heterocycles. The van der Waals surface area contributed by atoms with Gasteiger partial charge in [0.25, 0.3) is 0 Å². The third-order valence-electron chi connectivity index (χ3n) is 0.872. The molecule has 0 saturated carbocycles. The molecule has 0 N–H and O–H groups in total. The molecule has 0 aliphatic carbocycles. The number of diazo groups is 1. The summed E-state index contributed by atoms with van der Waals surface area (Å²) in [4.78, 5) is 2.97. The van der Waals surface area contributed by atoms with E-state index in [1.807, 2.05) is 18.2 Å². The summed E-state index contributed by atoms with van der Waals surface area (Å²) in [6.45, 7) is 0. The minimum Gasteiger partial charge on any atom is -0.0617 e. The maximum absolute atomic E-state index is 8.16. The Morgan fingerprint density at radius 1 is 1.11 bits per heavy atom. The van der Waals surface area contributed by atoms with Gasteiger partial charge in [-0.3, -0.25) is 0 Å². The number of hydrogen-bond donors (Lipinski definition) is 0. The van der Waals surface area contributed by atoms with E-state index < -0.39 is 0 Å². The quantitative estimate of drug-likeness (QED) is 0.433. The molecule has 0 amide bonds. The Balaban J connectivity index is 0.000000640. The predicted molar refractivity (Wildman–Crippen MR) is 31.2 cm³/mol. The van der Waals surface area contributed by atoms with Crippen molar-refractivity contribution >= 4 is 5.69 Å². The molecule has 0 unspecified atom stereocenters. The fraction of sp³-hybridized carbons (Fsp3) is 0. The van der Waals surface area contributed by atoms with Crippen LogP contribution >= 0.6 is 0 Å². The molecule has 0 atom stereocenters. The number of nitrogens with zero attached hydrogens (tertiary/aromatic N) is 2. The summed E-state index contributed by atoms with van der Waals surface area (Å²) < 4.78 is 0. The average Bonchev–Trinajstić information content (AvgIpc) is 1.90. The Morgan fingerprint density at radius 3 is 2.00 bits per heavy atom. The summed E-state index contributed by atoms with van der Waals surface area (Å²) in [7, 11) is 0. The van der Waals surface area contributed by atoms with Crippen molar-refractivity contribution in [2.75, 3.05) is 0 Å². The second-order valence-corrected chi connectivity index (χ2v) is 1.44. The Labute approximate surface area is 66.3 Å². The molecule has 40 valence electrons. The topological polar surface area (TPSA) is 28.1 Å². The van der Waals surface area contributed by atoms with Gasteiger partial charge in [0, 0.05) is 31.6 Å². The maximum Gasteiger partial charge on any atom is 0.385 e. The first-order valence-electron chi connectivity index (χ1n) is 2.33. The number of benzene rings is 1. The summed E-state index contributed by atoms with van der Waals surface area (Å²) in [5, 5.41) is 8.16. The van der Waals surface area contributed by atoms with Crippen LogP contribution in [0.5, 0.6) is 0 Å². The summed E-state index contributed by atoms with van der Waals surface area (Å²) in [6.07, 6.45) is 0. The van der Waals surface area contributed by atoms with E-state index in [1.54, 1.807) is 12.1 Å². The zero-order chi connectivity index (χ0) is 5.82. The van der Waals surface area contributed by atoms with E-state index in [1.165, 1.54) is 0 Å². The van der Waals surface area contributed by atoms with Crippen molar-refractivity contribution in [3.05, 3.63) is 35.3 Å². The van der Waals surface area contributed by atoms with Crippen LogP contribution in [-0.4, -0.2) is 0 Å². The summed E-state index contributed by atoms with van der Waals surface area (Å²) in [5.74, 6) is 0.